The molecule has 2 rings (SSSR count). The van der Waals surface area contributed by atoms with Gasteiger partial charge in [-0.25, -0.2) is 0 Å². The summed E-state index contributed by atoms with van der Waals surface area (Å²) >= 11 is 11.8. The normalized spacial score (nSPS) is 21.4. The van der Waals surface area contributed by atoms with Crippen LogP contribution in [0.15, 0.2) is 18.2 Å². The number of benzene rings is 1. The molecular weight excluding hydrogens is 355 g/mol. The number of rotatable bonds is 2. The van der Waals surface area contributed by atoms with E-state index in [2.05, 4.69) is 17.2 Å². The van der Waals surface area contributed by atoms with E-state index in [4.69, 9.17) is 28.9 Å². The lowest BCUT2D eigenvalue weighted by atomic mass is 9.86. The number of hydrogen-bond donors (Lipinski definition) is 2. The van der Waals surface area contributed by atoms with Gasteiger partial charge in [0.05, 0.1) is 16.1 Å². The van der Waals surface area contributed by atoms with Gasteiger partial charge >= 0.3 is 0 Å². The third-order valence-corrected chi connectivity index (χ3v) is 4.59. The fraction of sp³-hybridized carbons (Fsp3) is 0.471. The monoisotopic (exact) mass is 374 g/mol. The van der Waals surface area contributed by atoms with Crippen LogP contribution in [0.3, 0.4) is 0 Å². The third-order valence-electron chi connectivity index (χ3n) is 3.85. The van der Waals surface area contributed by atoms with Gasteiger partial charge in [0.1, 0.15) is 0 Å². The Labute approximate surface area is 153 Å². The lowest BCUT2D eigenvalue weighted by Gasteiger charge is -2.25. The maximum absolute atomic E-state index is 12.2. The molecule has 3 N–H and O–H groups in total. The van der Waals surface area contributed by atoms with Crippen molar-refractivity contribution in [1.82, 2.24) is 5.32 Å². The highest BCUT2D eigenvalue weighted by Crippen LogP contribution is 2.23. The molecule has 0 bridgehead atoms. The first-order valence-electron chi connectivity index (χ1n) is 7.48. The van der Waals surface area contributed by atoms with Crippen LogP contribution in [-0.4, -0.2) is 18.0 Å². The third kappa shape index (κ3) is 6.24. The van der Waals surface area contributed by atoms with Crippen LogP contribution in [0.25, 0.3) is 0 Å². The summed E-state index contributed by atoms with van der Waals surface area (Å²) in [6.45, 7) is 1.87. The zero-order valence-corrected chi connectivity index (χ0v) is 15.3. The van der Waals surface area contributed by atoms with Crippen LogP contribution in [0.4, 0.5) is 0 Å². The van der Waals surface area contributed by atoms with Gasteiger partial charge in [0.25, 0.3) is 0 Å². The van der Waals surface area contributed by atoms with E-state index in [1.165, 1.54) is 0 Å². The summed E-state index contributed by atoms with van der Waals surface area (Å²) in [5.74, 6) is 6.15. The van der Waals surface area contributed by atoms with Crippen molar-refractivity contribution in [2.45, 2.75) is 44.7 Å². The van der Waals surface area contributed by atoms with Gasteiger partial charge in [-0.15, -0.1) is 12.4 Å². The summed E-state index contributed by atoms with van der Waals surface area (Å²) < 4.78 is 0. The van der Waals surface area contributed by atoms with Gasteiger partial charge in [0.15, 0.2) is 0 Å². The topological polar surface area (TPSA) is 55.1 Å². The summed E-state index contributed by atoms with van der Waals surface area (Å²) in [7, 11) is 0. The molecule has 1 saturated carbocycles. The van der Waals surface area contributed by atoms with Crippen LogP contribution < -0.4 is 11.1 Å². The average Bonchev–Trinajstić information content (AvgIpc) is 2.49. The second-order valence-corrected chi connectivity index (χ2v) is 6.55. The van der Waals surface area contributed by atoms with E-state index in [9.17, 15) is 4.79 Å². The standard InChI is InChI=1S/C17H20Cl2N2O.ClH/c1-11(2-3-12-4-9-15(18)16(19)10-12)21-17(22)13-5-7-14(20)8-6-13;/h4,9-11,13-14H,5-8,20H2,1H3,(H,21,22);1H/t11?,13-,14-;. The molecule has 1 unspecified atom stereocenters. The second-order valence-electron chi connectivity index (χ2n) is 5.74. The maximum Gasteiger partial charge on any atom is 0.224 e. The quantitative estimate of drug-likeness (QED) is 0.773. The predicted molar refractivity (Wildman–Crippen MR) is 98.1 cm³/mol. The van der Waals surface area contributed by atoms with Crippen molar-refractivity contribution in [3.05, 3.63) is 33.8 Å². The number of nitrogens with one attached hydrogen (secondary N) is 1. The molecule has 1 fully saturated rings. The highest BCUT2D eigenvalue weighted by molar-refractivity contribution is 6.42. The summed E-state index contributed by atoms with van der Waals surface area (Å²) in [4.78, 5) is 12.2. The molecule has 3 nitrogen and oxygen atoms in total. The first-order chi connectivity index (χ1) is 10.5. The minimum atomic E-state index is -0.211. The molecule has 1 amide bonds. The zero-order valence-electron chi connectivity index (χ0n) is 12.9. The van der Waals surface area contributed by atoms with Crippen LogP contribution in [0.2, 0.25) is 10.0 Å². The maximum atomic E-state index is 12.2. The van der Waals surface area contributed by atoms with E-state index >= 15 is 0 Å². The second kappa shape index (κ2) is 9.39. The summed E-state index contributed by atoms with van der Waals surface area (Å²) in [6.07, 6.45) is 3.56. The molecule has 1 aliphatic carbocycles. The van der Waals surface area contributed by atoms with Crippen molar-refractivity contribution in [3.8, 4) is 11.8 Å². The van der Waals surface area contributed by atoms with Gasteiger partial charge in [0.2, 0.25) is 5.91 Å². The van der Waals surface area contributed by atoms with Crippen LogP contribution in [-0.2, 0) is 4.79 Å². The van der Waals surface area contributed by atoms with Gasteiger partial charge in [-0.2, -0.15) is 0 Å². The minimum Gasteiger partial charge on any atom is -0.342 e. The number of hydrogen-bond acceptors (Lipinski definition) is 2. The molecule has 126 valence electrons. The Hall–Kier alpha value is -0.920. The fourth-order valence-electron chi connectivity index (χ4n) is 2.51. The molecule has 23 heavy (non-hydrogen) atoms. The molecule has 1 aromatic rings. The Balaban J connectivity index is 0.00000264. The molecule has 0 radical (unpaired) electrons. The van der Waals surface area contributed by atoms with E-state index in [-0.39, 0.29) is 36.3 Å². The Kier molecular flexibility index (Phi) is 8.22. The number of carbonyl (C=O) groups excluding carboxylic acids is 1. The fourth-order valence-corrected chi connectivity index (χ4v) is 2.81. The number of halogens is 3. The largest absolute Gasteiger partial charge is 0.342 e. The molecule has 0 aromatic heterocycles. The van der Waals surface area contributed by atoms with Gasteiger partial charge in [-0.05, 0) is 50.8 Å². The molecular formula is C17H21Cl3N2O. The van der Waals surface area contributed by atoms with Crippen LogP contribution >= 0.6 is 35.6 Å². The minimum absolute atomic E-state index is 0. The van der Waals surface area contributed by atoms with Gasteiger partial charge < -0.3 is 11.1 Å². The summed E-state index contributed by atoms with van der Waals surface area (Å²) in [6, 6.07) is 5.27. The number of nitrogens with two attached hydrogens (primary N) is 1. The number of amides is 1. The molecule has 1 aliphatic rings. The Morgan fingerprint density at radius 2 is 1.91 bits per heavy atom. The Morgan fingerprint density at radius 3 is 2.52 bits per heavy atom. The smallest absolute Gasteiger partial charge is 0.224 e. The van der Waals surface area contributed by atoms with Crippen LogP contribution in [0.1, 0.15) is 38.2 Å². The van der Waals surface area contributed by atoms with Crippen LogP contribution in [0, 0.1) is 17.8 Å². The Bertz CT molecular complexity index is 602. The molecule has 6 heteroatoms. The van der Waals surface area contributed by atoms with E-state index in [1.54, 1.807) is 18.2 Å². The predicted octanol–water partition coefficient (Wildman–Crippen LogP) is 3.79. The van der Waals surface area contributed by atoms with Crippen molar-refractivity contribution in [3.63, 3.8) is 0 Å². The highest BCUT2D eigenvalue weighted by atomic mass is 35.5. The van der Waals surface area contributed by atoms with Crippen molar-refractivity contribution in [2.75, 3.05) is 0 Å². The highest BCUT2D eigenvalue weighted by Gasteiger charge is 2.24. The van der Waals surface area contributed by atoms with Crippen molar-refractivity contribution in [1.29, 1.82) is 0 Å². The van der Waals surface area contributed by atoms with E-state index < -0.39 is 0 Å². The first kappa shape index (κ1) is 20.1. The molecule has 1 atom stereocenters. The van der Waals surface area contributed by atoms with Crippen molar-refractivity contribution >= 4 is 41.5 Å². The summed E-state index contributed by atoms with van der Waals surface area (Å²) in [5, 5.41) is 3.93. The Morgan fingerprint density at radius 1 is 1.26 bits per heavy atom. The van der Waals surface area contributed by atoms with Gasteiger partial charge in [-0.1, -0.05) is 35.0 Å². The molecule has 0 spiro atoms. The van der Waals surface area contributed by atoms with Crippen molar-refractivity contribution in [2.24, 2.45) is 11.7 Å². The lowest BCUT2D eigenvalue weighted by Crippen LogP contribution is -2.39. The van der Waals surface area contributed by atoms with E-state index in [0.717, 1.165) is 31.2 Å². The molecule has 1 aromatic carbocycles. The molecule has 0 saturated heterocycles. The van der Waals surface area contributed by atoms with Gasteiger partial charge in [0, 0.05) is 17.5 Å². The molecule has 0 heterocycles. The SMILES string of the molecule is CC(C#Cc1ccc(Cl)c(Cl)c1)NC(=O)[C@H]1CC[C@H](N)CC1.Cl. The zero-order chi connectivity index (χ0) is 16.1. The number of carbonyl (C=O) groups is 1. The molecule has 0 aliphatic heterocycles. The van der Waals surface area contributed by atoms with Crippen molar-refractivity contribution < 1.29 is 4.79 Å². The van der Waals surface area contributed by atoms with Gasteiger partial charge in [-0.3, -0.25) is 4.79 Å². The van der Waals surface area contributed by atoms with Crippen LogP contribution in [0.5, 0.6) is 0 Å². The average molecular weight is 376 g/mol. The summed E-state index contributed by atoms with van der Waals surface area (Å²) in [5.41, 5.74) is 6.64. The van der Waals surface area contributed by atoms with E-state index in [1.807, 2.05) is 6.92 Å². The van der Waals surface area contributed by atoms with E-state index in [0.29, 0.717) is 10.0 Å². The lowest BCUT2D eigenvalue weighted by molar-refractivity contribution is -0.126. The first-order valence-corrected chi connectivity index (χ1v) is 8.24.